The molecule has 0 aromatic heterocycles. The molecule has 1 aliphatic carbocycles. The number of ether oxygens (including phenoxy) is 2. The summed E-state index contributed by atoms with van der Waals surface area (Å²) in [6, 6.07) is 25.2. The first-order valence-corrected chi connectivity index (χ1v) is 18.6. The van der Waals surface area contributed by atoms with Gasteiger partial charge in [0.1, 0.15) is 23.7 Å². The Bertz CT molecular complexity index is 1770. The molecule has 3 amide bonds. The van der Waals surface area contributed by atoms with Gasteiger partial charge in [0.25, 0.3) is 0 Å². The van der Waals surface area contributed by atoms with Crippen molar-refractivity contribution in [3.05, 3.63) is 114 Å². The fourth-order valence-corrected chi connectivity index (χ4v) is 8.20. The van der Waals surface area contributed by atoms with Crippen LogP contribution in [0, 0.1) is 0 Å². The summed E-state index contributed by atoms with van der Waals surface area (Å²) in [5.74, 6) is 1.64. The summed E-state index contributed by atoms with van der Waals surface area (Å²) in [6.07, 6.45) is 12.2. The normalized spacial score (nSPS) is 20.7. The fraction of sp³-hybridized carbons (Fsp3) is 0.419. The lowest BCUT2D eigenvalue weighted by atomic mass is 9.88. The zero-order valence-electron chi connectivity index (χ0n) is 29.7. The average molecular weight is 688 g/mol. The Morgan fingerprint density at radius 1 is 0.725 bits per heavy atom. The number of carbonyl (C=O) groups is 3. The van der Waals surface area contributed by atoms with Gasteiger partial charge in [-0.2, -0.15) is 0 Å². The van der Waals surface area contributed by atoms with Crippen molar-refractivity contribution >= 4 is 23.8 Å². The molecule has 8 heteroatoms. The van der Waals surface area contributed by atoms with Crippen LogP contribution in [0.2, 0.25) is 0 Å². The molecule has 1 saturated carbocycles. The molecule has 3 heterocycles. The monoisotopic (exact) mass is 687 g/mol. The highest BCUT2D eigenvalue weighted by atomic mass is 16.5. The summed E-state index contributed by atoms with van der Waals surface area (Å²) in [6.45, 7) is 8.49. The summed E-state index contributed by atoms with van der Waals surface area (Å²) in [5.41, 5.74) is 4.70. The standard InChI is InChI=1S/C43H49N3O5/c1-3-41(48)44-25-18-36(19-26-44)51-38-16-14-32(39(30-38)40-13-8-24-46(40)31(2)47)15-17-42(49)45-27-20-35(21-28-45)50-37-12-7-11-34(29-37)43(22-23-43)33-9-5-4-6-10-33/h3-7,9-12,14-17,29-30,35-36,40H,1,8,13,18-28H2,2H3/b17-15+. The molecule has 1 unspecified atom stereocenters. The van der Waals surface area contributed by atoms with Crippen molar-refractivity contribution in [1.29, 1.82) is 0 Å². The van der Waals surface area contributed by atoms with E-state index in [0.717, 1.165) is 80.5 Å². The van der Waals surface area contributed by atoms with Crippen LogP contribution in [-0.2, 0) is 19.8 Å². The van der Waals surface area contributed by atoms with Crippen molar-refractivity contribution in [2.45, 2.75) is 82.0 Å². The van der Waals surface area contributed by atoms with Gasteiger partial charge < -0.3 is 24.2 Å². The van der Waals surface area contributed by atoms with Gasteiger partial charge in [-0.15, -0.1) is 0 Å². The number of amides is 3. The number of likely N-dealkylation sites (tertiary alicyclic amines) is 3. The molecule has 0 bridgehead atoms. The molecule has 0 radical (unpaired) electrons. The van der Waals surface area contributed by atoms with Crippen molar-refractivity contribution in [2.75, 3.05) is 32.7 Å². The molecule has 3 aromatic rings. The molecule has 3 saturated heterocycles. The molecule has 3 aromatic carbocycles. The van der Waals surface area contributed by atoms with Crippen LogP contribution in [0.1, 0.15) is 86.6 Å². The SMILES string of the molecule is C=CC(=O)N1CCC(Oc2ccc(/C=C/C(=O)N3CCC(Oc4cccc(C5(c6ccccc6)CC5)c4)CC3)c(C3CCCN3C(C)=O)c2)CC1. The highest BCUT2D eigenvalue weighted by Crippen LogP contribution is 2.54. The highest BCUT2D eigenvalue weighted by Gasteiger charge is 2.45. The zero-order chi connectivity index (χ0) is 35.4. The van der Waals surface area contributed by atoms with Crippen LogP contribution in [0.15, 0.2) is 91.5 Å². The number of benzene rings is 3. The van der Waals surface area contributed by atoms with E-state index >= 15 is 0 Å². The van der Waals surface area contributed by atoms with Crippen LogP contribution in [0.3, 0.4) is 0 Å². The Labute approximate surface area is 301 Å². The molecular formula is C43H49N3O5. The molecule has 1 atom stereocenters. The number of hydrogen-bond donors (Lipinski definition) is 0. The molecule has 0 spiro atoms. The average Bonchev–Trinajstić information content (AvgIpc) is 3.83. The number of hydrogen-bond acceptors (Lipinski definition) is 5. The van der Waals surface area contributed by atoms with Gasteiger partial charge in [0.2, 0.25) is 17.7 Å². The smallest absolute Gasteiger partial charge is 0.246 e. The topological polar surface area (TPSA) is 79.4 Å². The minimum absolute atomic E-state index is 0.00199. The summed E-state index contributed by atoms with van der Waals surface area (Å²) in [5, 5.41) is 0. The lowest BCUT2D eigenvalue weighted by Gasteiger charge is -2.32. The minimum Gasteiger partial charge on any atom is -0.490 e. The van der Waals surface area contributed by atoms with E-state index in [-0.39, 0.29) is 41.4 Å². The van der Waals surface area contributed by atoms with Crippen LogP contribution in [0.25, 0.3) is 6.08 Å². The molecule has 51 heavy (non-hydrogen) atoms. The summed E-state index contributed by atoms with van der Waals surface area (Å²) in [4.78, 5) is 43.6. The van der Waals surface area contributed by atoms with E-state index in [2.05, 4.69) is 55.1 Å². The van der Waals surface area contributed by atoms with E-state index in [1.165, 1.54) is 17.2 Å². The van der Waals surface area contributed by atoms with E-state index in [1.807, 2.05) is 40.1 Å². The van der Waals surface area contributed by atoms with Gasteiger partial charge >= 0.3 is 0 Å². The molecule has 8 nitrogen and oxygen atoms in total. The van der Waals surface area contributed by atoms with Crippen LogP contribution in [0.4, 0.5) is 0 Å². The van der Waals surface area contributed by atoms with Gasteiger partial charge in [0, 0.05) is 76.8 Å². The first-order chi connectivity index (χ1) is 24.8. The second kappa shape index (κ2) is 15.2. The van der Waals surface area contributed by atoms with E-state index in [9.17, 15) is 14.4 Å². The van der Waals surface area contributed by atoms with Crippen LogP contribution in [-0.4, -0.2) is 77.4 Å². The van der Waals surface area contributed by atoms with Crippen molar-refractivity contribution in [2.24, 2.45) is 0 Å². The summed E-state index contributed by atoms with van der Waals surface area (Å²) in [7, 11) is 0. The third-order valence-electron chi connectivity index (χ3n) is 11.2. The number of nitrogens with zero attached hydrogens (tertiary/aromatic N) is 3. The van der Waals surface area contributed by atoms with E-state index < -0.39 is 0 Å². The van der Waals surface area contributed by atoms with Crippen molar-refractivity contribution in [3.8, 4) is 11.5 Å². The van der Waals surface area contributed by atoms with Gasteiger partial charge in [-0.1, -0.05) is 55.1 Å². The molecule has 266 valence electrons. The predicted octanol–water partition coefficient (Wildman–Crippen LogP) is 7.09. The number of rotatable bonds is 10. The maximum absolute atomic E-state index is 13.4. The predicted molar refractivity (Wildman–Crippen MR) is 198 cm³/mol. The molecule has 7 rings (SSSR count). The van der Waals surface area contributed by atoms with Gasteiger partial charge in [-0.25, -0.2) is 0 Å². The third kappa shape index (κ3) is 7.75. The van der Waals surface area contributed by atoms with Gasteiger partial charge in [0.05, 0.1) is 6.04 Å². The Morgan fingerprint density at radius 3 is 1.98 bits per heavy atom. The Hall–Kier alpha value is -4.85. The number of carbonyl (C=O) groups excluding carboxylic acids is 3. The van der Waals surface area contributed by atoms with E-state index in [1.54, 1.807) is 17.9 Å². The van der Waals surface area contributed by atoms with E-state index in [0.29, 0.717) is 26.2 Å². The van der Waals surface area contributed by atoms with Gasteiger partial charge in [0.15, 0.2) is 0 Å². The van der Waals surface area contributed by atoms with Crippen molar-refractivity contribution in [3.63, 3.8) is 0 Å². The first-order valence-electron chi connectivity index (χ1n) is 18.6. The zero-order valence-corrected chi connectivity index (χ0v) is 29.7. The molecule has 0 N–H and O–H groups in total. The lowest BCUT2D eigenvalue weighted by Crippen LogP contribution is -2.41. The Kier molecular flexibility index (Phi) is 10.3. The van der Waals surface area contributed by atoms with Gasteiger partial charge in [-0.05, 0) is 84.4 Å². The lowest BCUT2D eigenvalue weighted by molar-refractivity contribution is -0.130. The summed E-state index contributed by atoms with van der Waals surface area (Å²) >= 11 is 0. The second-order valence-corrected chi connectivity index (χ2v) is 14.5. The maximum Gasteiger partial charge on any atom is 0.246 e. The molecule has 4 aliphatic rings. The molecule has 4 fully saturated rings. The third-order valence-corrected chi connectivity index (χ3v) is 11.2. The van der Waals surface area contributed by atoms with Crippen LogP contribution >= 0.6 is 0 Å². The van der Waals surface area contributed by atoms with Crippen LogP contribution in [0.5, 0.6) is 11.5 Å². The number of piperidine rings is 2. The highest BCUT2D eigenvalue weighted by molar-refractivity contribution is 5.92. The fourth-order valence-electron chi connectivity index (χ4n) is 8.20. The van der Waals surface area contributed by atoms with E-state index in [4.69, 9.17) is 9.47 Å². The minimum atomic E-state index is -0.0678. The van der Waals surface area contributed by atoms with Crippen molar-refractivity contribution < 1.29 is 23.9 Å². The second-order valence-electron chi connectivity index (χ2n) is 14.5. The first kappa shape index (κ1) is 34.6. The Balaban J connectivity index is 0.979. The Morgan fingerprint density at radius 2 is 1.35 bits per heavy atom. The molecular weight excluding hydrogens is 638 g/mol. The van der Waals surface area contributed by atoms with Gasteiger partial charge in [-0.3, -0.25) is 14.4 Å². The summed E-state index contributed by atoms with van der Waals surface area (Å²) < 4.78 is 12.9. The van der Waals surface area contributed by atoms with Crippen LogP contribution < -0.4 is 9.47 Å². The maximum atomic E-state index is 13.4. The quantitative estimate of drug-likeness (QED) is 0.213. The largest absolute Gasteiger partial charge is 0.490 e. The van der Waals surface area contributed by atoms with Crippen molar-refractivity contribution in [1.82, 2.24) is 14.7 Å². The molecule has 3 aliphatic heterocycles.